The van der Waals surface area contributed by atoms with Gasteiger partial charge >= 0.3 is 5.97 Å². The van der Waals surface area contributed by atoms with Crippen LogP contribution in [0.2, 0.25) is 0 Å². The van der Waals surface area contributed by atoms with Crippen molar-refractivity contribution in [3.63, 3.8) is 0 Å². The second kappa shape index (κ2) is 8.14. The van der Waals surface area contributed by atoms with Gasteiger partial charge in [0.2, 0.25) is 0 Å². The first-order valence-corrected chi connectivity index (χ1v) is 8.66. The van der Waals surface area contributed by atoms with Gasteiger partial charge in [-0.1, -0.05) is 12.8 Å². The fourth-order valence-corrected chi connectivity index (χ4v) is 3.78. The zero-order valence-electron chi connectivity index (χ0n) is 14.0. The molecule has 0 saturated carbocycles. The molecule has 2 unspecified atom stereocenters. The van der Waals surface area contributed by atoms with E-state index in [1.165, 1.54) is 32.8 Å². The summed E-state index contributed by atoms with van der Waals surface area (Å²) in [5.41, 5.74) is 0. The average molecular weight is 296 g/mol. The predicted molar refractivity (Wildman–Crippen MR) is 85.2 cm³/mol. The van der Waals surface area contributed by atoms with Gasteiger partial charge in [-0.3, -0.25) is 4.79 Å². The Balaban J connectivity index is 1.96. The van der Waals surface area contributed by atoms with Crippen LogP contribution in [0.25, 0.3) is 0 Å². The number of likely N-dealkylation sites (tertiary alicyclic amines) is 2. The van der Waals surface area contributed by atoms with Crippen LogP contribution in [-0.2, 0) is 9.53 Å². The number of nitrogens with zero attached hydrogens (tertiary/aromatic N) is 2. The van der Waals surface area contributed by atoms with E-state index >= 15 is 0 Å². The zero-order valence-corrected chi connectivity index (χ0v) is 14.0. The van der Waals surface area contributed by atoms with E-state index in [0.717, 1.165) is 39.1 Å². The van der Waals surface area contributed by atoms with Crippen LogP contribution in [0.1, 0.15) is 46.0 Å². The van der Waals surface area contributed by atoms with Crippen LogP contribution in [0.3, 0.4) is 0 Å². The summed E-state index contributed by atoms with van der Waals surface area (Å²) in [6.45, 7) is 9.83. The van der Waals surface area contributed by atoms with Gasteiger partial charge in [0.25, 0.3) is 0 Å². The molecule has 0 aromatic rings. The first-order valence-electron chi connectivity index (χ1n) is 8.66. The molecule has 2 aliphatic rings. The highest BCUT2D eigenvalue weighted by Crippen LogP contribution is 2.28. The molecule has 0 bridgehead atoms. The van der Waals surface area contributed by atoms with Crippen molar-refractivity contribution in [3.05, 3.63) is 0 Å². The van der Waals surface area contributed by atoms with Gasteiger partial charge in [0.1, 0.15) is 0 Å². The van der Waals surface area contributed by atoms with E-state index in [4.69, 9.17) is 4.74 Å². The fraction of sp³-hybridized carbons (Fsp3) is 0.941. The van der Waals surface area contributed by atoms with Gasteiger partial charge in [-0.25, -0.2) is 0 Å². The second-order valence-electron chi connectivity index (χ2n) is 6.98. The van der Waals surface area contributed by atoms with Crippen molar-refractivity contribution in [1.29, 1.82) is 0 Å². The molecule has 2 heterocycles. The molecule has 2 rings (SSSR count). The van der Waals surface area contributed by atoms with Crippen LogP contribution in [-0.4, -0.2) is 61.6 Å². The quantitative estimate of drug-likeness (QED) is 0.729. The Morgan fingerprint density at radius 1 is 1.14 bits per heavy atom. The first kappa shape index (κ1) is 16.8. The van der Waals surface area contributed by atoms with E-state index in [1.807, 2.05) is 0 Å². The minimum absolute atomic E-state index is 0.00477. The largest absolute Gasteiger partial charge is 0.469 e. The Bertz CT molecular complexity index is 325. The maximum Gasteiger partial charge on any atom is 0.310 e. The Labute approximate surface area is 129 Å². The van der Waals surface area contributed by atoms with Gasteiger partial charge < -0.3 is 14.5 Å². The highest BCUT2D eigenvalue weighted by Gasteiger charge is 2.36. The highest BCUT2D eigenvalue weighted by atomic mass is 16.5. The molecule has 21 heavy (non-hydrogen) atoms. The minimum Gasteiger partial charge on any atom is -0.469 e. The summed E-state index contributed by atoms with van der Waals surface area (Å²) in [6, 6.07) is 0.575. The van der Waals surface area contributed by atoms with Crippen molar-refractivity contribution in [2.24, 2.45) is 11.8 Å². The van der Waals surface area contributed by atoms with Crippen LogP contribution in [0.15, 0.2) is 0 Å². The Morgan fingerprint density at radius 3 is 2.33 bits per heavy atom. The molecule has 0 amide bonds. The smallest absolute Gasteiger partial charge is 0.310 e. The second-order valence-corrected chi connectivity index (χ2v) is 6.98. The number of hydrogen-bond donors (Lipinski definition) is 0. The molecule has 0 radical (unpaired) electrons. The predicted octanol–water partition coefficient (Wildman–Crippen LogP) is 2.38. The van der Waals surface area contributed by atoms with Crippen molar-refractivity contribution in [3.8, 4) is 0 Å². The lowest BCUT2D eigenvalue weighted by Crippen LogP contribution is -2.39. The van der Waals surface area contributed by atoms with E-state index < -0.39 is 0 Å². The van der Waals surface area contributed by atoms with Crippen molar-refractivity contribution in [2.45, 2.75) is 52.0 Å². The monoisotopic (exact) mass is 296 g/mol. The van der Waals surface area contributed by atoms with Crippen LogP contribution in [0.4, 0.5) is 0 Å². The summed E-state index contributed by atoms with van der Waals surface area (Å²) >= 11 is 0. The van der Waals surface area contributed by atoms with Gasteiger partial charge in [0, 0.05) is 19.1 Å². The maximum atomic E-state index is 12.3. The van der Waals surface area contributed by atoms with Gasteiger partial charge in [0.05, 0.1) is 13.0 Å². The number of rotatable bonds is 5. The van der Waals surface area contributed by atoms with Crippen LogP contribution >= 0.6 is 0 Å². The number of ether oxygens (including phenoxy) is 1. The molecule has 2 saturated heterocycles. The van der Waals surface area contributed by atoms with Crippen LogP contribution in [0, 0.1) is 11.8 Å². The Morgan fingerprint density at radius 2 is 1.81 bits per heavy atom. The minimum atomic E-state index is -0.00477. The molecule has 4 nitrogen and oxygen atoms in total. The summed E-state index contributed by atoms with van der Waals surface area (Å²) in [7, 11) is 1.53. The molecule has 2 aliphatic heterocycles. The molecule has 0 aromatic carbocycles. The maximum absolute atomic E-state index is 12.3. The molecular weight excluding hydrogens is 264 g/mol. The van der Waals surface area contributed by atoms with E-state index in [9.17, 15) is 4.79 Å². The number of hydrogen-bond acceptors (Lipinski definition) is 4. The van der Waals surface area contributed by atoms with Crippen molar-refractivity contribution in [2.75, 3.05) is 39.8 Å². The lowest BCUT2D eigenvalue weighted by Gasteiger charge is -2.29. The summed E-state index contributed by atoms with van der Waals surface area (Å²) < 4.78 is 5.11. The number of carbonyl (C=O) groups is 1. The molecule has 2 atom stereocenters. The summed E-state index contributed by atoms with van der Waals surface area (Å²) in [6.07, 6.45) is 6.35. The molecule has 0 aromatic heterocycles. The molecule has 0 aliphatic carbocycles. The van der Waals surface area contributed by atoms with E-state index in [-0.39, 0.29) is 11.9 Å². The third-order valence-electron chi connectivity index (χ3n) is 5.21. The average Bonchev–Trinajstić information content (AvgIpc) is 2.82. The number of esters is 1. The standard InChI is InChI=1S/C17H32N2O2/c1-14(2)19-11-8-15(12-19)16(17(20)21-3)13-18-9-6-4-5-7-10-18/h14-16H,4-13H2,1-3H3. The van der Waals surface area contributed by atoms with Crippen molar-refractivity contribution < 1.29 is 9.53 Å². The highest BCUT2D eigenvalue weighted by molar-refractivity contribution is 5.73. The zero-order chi connectivity index (χ0) is 15.2. The first-order chi connectivity index (χ1) is 10.1. The SMILES string of the molecule is COC(=O)C(CN1CCCCCC1)C1CCN(C(C)C)C1. The third-order valence-corrected chi connectivity index (χ3v) is 5.21. The normalized spacial score (nSPS) is 26.8. The summed E-state index contributed by atoms with van der Waals surface area (Å²) in [4.78, 5) is 17.2. The number of methoxy groups -OCH3 is 1. The van der Waals surface area contributed by atoms with E-state index in [0.29, 0.717) is 12.0 Å². The van der Waals surface area contributed by atoms with E-state index in [2.05, 4.69) is 23.6 Å². The summed E-state index contributed by atoms with van der Waals surface area (Å²) in [5, 5.41) is 0. The molecule has 0 N–H and O–H groups in total. The van der Waals surface area contributed by atoms with Crippen molar-refractivity contribution in [1.82, 2.24) is 9.80 Å². The molecule has 0 spiro atoms. The molecule has 4 heteroatoms. The summed E-state index contributed by atoms with van der Waals surface area (Å²) in [5.74, 6) is 0.509. The lowest BCUT2D eigenvalue weighted by atomic mass is 9.90. The molecule has 122 valence electrons. The third kappa shape index (κ3) is 4.68. The molecular formula is C17H32N2O2. The topological polar surface area (TPSA) is 32.8 Å². The molecule has 2 fully saturated rings. The number of carbonyl (C=O) groups excluding carboxylic acids is 1. The van der Waals surface area contributed by atoms with Crippen LogP contribution < -0.4 is 0 Å². The van der Waals surface area contributed by atoms with Gasteiger partial charge in [0.15, 0.2) is 0 Å². The van der Waals surface area contributed by atoms with E-state index in [1.54, 1.807) is 0 Å². The van der Waals surface area contributed by atoms with Gasteiger partial charge in [-0.05, 0) is 58.7 Å². The van der Waals surface area contributed by atoms with Gasteiger partial charge in [-0.15, -0.1) is 0 Å². The van der Waals surface area contributed by atoms with Crippen molar-refractivity contribution >= 4 is 5.97 Å². The van der Waals surface area contributed by atoms with Gasteiger partial charge in [-0.2, -0.15) is 0 Å². The lowest BCUT2D eigenvalue weighted by molar-refractivity contribution is -0.148. The van der Waals surface area contributed by atoms with Crippen LogP contribution in [0.5, 0.6) is 0 Å². The fourth-order valence-electron chi connectivity index (χ4n) is 3.78. The Kier molecular flexibility index (Phi) is 6.49. The Hall–Kier alpha value is -0.610.